The molecule has 1 fully saturated rings. The van der Waals surface area contributed by atoms with Crippen LogP contribution in [0.15, 0.2) is 54.3 Å². The average molecular weight is 439 g/mol. The molecule has 3 heterocycles. The van der Waals surface area contributed by atoms with Crippen LogP contribution in [0.4, 0.5) is 5.82 Å². The summed E-state index contributed by atoms with van der Waals surface area (Å²) in [5.41, 5.74) is 15.8. The molecule has 8 nitrogen and oxygen atoms in total. The number of rotatable bonds is 9. The molecule has 2 aromatic heterocycles. The van der Waals surface area contributed by atoms with Crippen LogP contribution in [0.2, 0.25) is 0 Å². The molecule has 7 N–H and O–H groups in total. The van der Waals surface area contributed by atoms with E-state index >= 15 is 0 Å². The van der Waals surface area contributed by atoms with E-state index in [0.717, 1.165) is 41.9 Å². The highest BCUT2D eigenvalue weighted by Crippen LogP contribution is 2.20. The Morgan fingerprint density at radius 2 is 2.13 bits per heavy atom. The summed E-state index contributed by atoms with van der Waals surface area (Å²) in [5.74, 6) is 1.92. The first-order valence-electron chi connectivity index (χ1n) is 10.2. The molecule has 0 saturated carbocycles. The lowest BCUT2D eigenvalue weighted by molar-refractivity contribution is 0.222. The number of nitrogens with two attached hydrogens (primary N) is 2. The average Bonchev–Trinajstić information content (AvgIpc) is 2.72. The van der Waals surface area contributed by atoms with Crippen LogP contribution in [-0.4, -0.2) is 40.1 Å². The van der Waals surface area contributed by atoms with Gasteiger partial charge in [0.15, 0.2) is 0 Å². The number of hydrogen-bond donors (Lipinski definition) is 6. The van der Waals surface area contributed by atoms with Gasteiger partial charge >= 0.3 is 0 Å². The molecule has 0 radical (unpaired) electrons. The van der Waals surface area contributed by atoms with E-state index in [4.69, 9.17) is 16.9 Å². The number of pyridine rings is 2. The van der Waals surface area contributed by atoms with Gasteiger partial charge < -0.3 is 27.5 Å². The van der Waals surface area contributed by atoms with Gasteiger partial charge in [0.2, 0.25) is 0 Å². The molecule has 0 spiro atoms. The van der Waals surface area contributed by atoms with Gasteiger partial charge in [-0.3, -0.25) is 9.29 Å². The van der Waals surface area contributed by atoms with Crippen molar-refractivity contribution in [2.75, 3.05) is 25.0 Å². The Labute approximate surface area is 188 Å². The van der Waals surface area contributed by atoms with Gasteiger partial charge in [-0.05, 0) is 42.0 Å². The van der Waals surface area contributed by atoms with Crippen LogP contribution in [0, 0.1) is 17.2 Å². The zero-order valence-electron chi connectivity index (χ0n) is 17.8. The second kappa shape index (κ2) is 10.3. The number of allylic oxidation sites excluding steroid dienone is 3. The molecule has 1 aliphatic rings. The Kier molecular flexibility index (Phi) is 7.54. The first-order valence-corrected chi connectivity index (χ1v) is 10.6. The monoisotopic (exact) mass is 438 g/mol. The first kappa shape index (κ1) is 22.6. The minimum atomic E-state index is 0.266. The molecule has 0 aromatic carbocycles. The number of aromatic nitrogens is 2. The molecule has 0 amide bonds. The normalized spacial score (nSPS) is 16.5. The van der Waals surface area contributed by atoms with Crippen LogP contribution in [0.25, 0.3) is 16.6 Å². The second-order valence-electron chi connectivity index (χ2n) is 7.89. The number of fused-ring (bicyclic) bond motifs is 1. The summed E-state index contributed by atoms with van der Waals surface area (Å²) in [6.07, 6.45) is 8.29. The fourth-order valence-electron chi connectivity index (χ4n) is 3.22. The minimum Gasteiger partial charge on any atom is -0.404 e. The molecule has 9 heteroatoms. The third kappa shape index (κ3) is 5.99. The van der Waals surface area contributed by atoms with Gasteiger partial charge in [-0.25, -0.2) is 4.98 Å². The van der Waals surface area contributed by atoms with Crippen molar-refractivity contribution < 1.29 is 0 Å². The summed E-state index contributed by atoms with van der Waals surface area (Å²) in [7, 11) is 0. The highest BCUT2D eigenvalue weighted by molar-refractivity contribution is 7.77. The summed E-state index contributed by atoms with van der Waals surface area (Å²) in [6, 6.07) is 5.63. The van der Waals surface area contributed by atoms with Gasteiger partial charge in [-0.1, -0.05) is 26.7 Å². The standard InChI is InChI=1S/C22H30N8S/c1-14(2)16(7-23)6-21(25)29-22-4-3-19-20(28-22)5-17(11-27-19)18(8-24)10-26-9-15-12-30(31)13-15/h3-8,10-11,14-15,24,26,31H,9,12-13,23,25H2,1-2H3,(H,28,29)/b16-7+,18-10+,21-6+,24-8?. The maximum Gasteiger partial charge on any atom is 0.132 e. The van der Waals surface area contributed by atoms with Gasteiger partial charge in [0.05, 0.1) is 11.0 Å². The van der Waals surface area contributed by atoms with E-state index in [1.54, 1.807) is 12.4 Å². The van der Waals surface area contributed by atoms with Crippen molar-refractivity contribution in [3.05, 3.63) is 59.8 Å². The van der Waals surface area contributed by atoms with Crippen molar-refractivity contribution in [2.45, 2.75) is 13.8 Å². The Morgan fingerprint density at radius 1 is 1.35 bits per heavy atom. The molecule has 3 rings (SSSR count). The highest BCUT2D eigenvalue weighted by atomic mass is 32.1. The quantitative estimate of drug-likeness (QED) is 0.202. The summed E-state index contributed by atoms with van der Waals surface area (Å²) in [5, 5.41) is 14.2. The third-order valence-corrected chi connectivity index (χ3v) is 5.41. The van der Waals surface area contributed by atoms with Crippen molar-refractivity contribution in [3.8, 4) is 0 Å². The van der Waals surface area contributed by atoms with E-state index in [-0.39, 0.29) is 5.92 Å². The van der Waals surface area contributed by atoms with E-state index in [0.29, 0.717) is 23.1 Å². The number of nitrogens with zero attached hydrogens (tertiary/aromatic N) is 3. The zero-order valence-corrected chi connectivity index (χ0v) is 18.7. The summed E-state index contributed by atoms with van der Waals surface area (Å²) in [4.78, 5) is 9.11. The van der Waals surface area contributed by atoms with Gasteiger partial charge in [0, 0.05) is 55.3 Å². The fourth-order valence-corrected chi connectivity index (χ4v) is 3.68. The van der Waals surface area contributed by atoms with Crippen LogP contribution in [0.3, 0.4) is 0 Å². The molecule has 0 atom stereocenters. The lowest BCUT2D eigenvalue weighted by atomic mass is 10.0. The van der Waals surface area contributed by atoms with Crippen LogP contribution in [-0.2, 0) is 0 Å². The molecule has 31 heavy (non-hydrogen) atoms. The van der Waals surface area contributed by atoms with E-state index in [1.807, 2.05) is 34.8 Å². The maximum atomic E-state index is 7.78. The fraction of sp³-hybridized carbons (Fsp3) is 0.318. The molecule has 0 unspecified atom stereocenters. The summed E-state index contributed by atoms with van der Waals surface area (Å²) in [6.45, 7) is 6.89. The Morgan fingerprint density at radius 3 is 2.77 bits per heavy atom. The largest absolute Gasteiger partial charge is 0.404 e. The highest BCUT2D eigenvalue weighted by Gasteiger charge is 2.23. The molecule has 2 aromatic rings. The summed E-state index contributed by atoms with van der Waals surface area (Å²) < 4.78 is 1.98. The van der Waals surface area contributed by atoms with Crippen molar-refractivity contribution in [3.63, 3.8) is 0 Å². The van der Waals surface area contributed by atoms with E-state index in [2.05, 4.69) is 47.3 Å². The van der Waals surface area contributed by atoms with Gasteiger partial charge in [-0.15, -0.1) is 0 Å². The molecule has 0 bridgehead atoms. The third-order valence-electron chi connectivity index (χ3n) is 5.08. The van der Waals surface area contributed by atoms with Gasteiger partial charge in [0.25, 0.3) is 0 Å². The number of hydrogen-bond acceptors (Lipinski definition) is 9. The lowest BCUT2D eigenvalue weighted by Gasteiger charge is -2.34. The van der Waals surface area contributed by atoms with Crippen LogP contribution < -0.4 is 22.1 Å². The van der Waals surface area contributed by atoms with Crippen molar-refractivity contribution in [1.82, 2.24) is 19.6 Å². The first-order chi connectivity index (χ1) is 14.9. The van der Waals surface area contributed by atoms with Crippen LogP contribution >= 0.6 is 12.8 Å². The summed E-state index contributed by atoms with van der Waals surface area (Å²) >= 11 is 4.29. The molecular weight excluding hydrogens is 408 g/mol. The Hall–Kier alpha value is -3.04. The van der Waals surface area contributed by atoms with E-state index in [1.165, 1.54) is 6.21 Å². The second-order valence-corrected chi connectivity index (χ2v) is 8.46. The predicted molar refractivity (Wildman–Crippen MR) is 131 cm³/mol. The lowest BCUT2D eigenvalue weighted by Crippen LogP contribution is -2.44. The van der Waals surface area contributed by atoms with Crippen molar-refractivity contribution in [2.24, 2.45) is 23.3 Å². The van der Waals surface area contributed by atoms with Crippen molar-refractivity contribution in [1.29, 1.82) is 5.41 Å². The molecule has 1 saturated heterocycles. The maximum absolute atomic E-state index is 7.78. The predicted octanol–water partition coefficient (Wildman–Crippen LogP) is 2.70. The molecule has 164 valence electrons. The SMILES string of the molecule is CC(C)C(=C/N)/C=C(\N)Nc1ccc2ncc(/C(C=N)=C/NCC3CN(S)C3)cc2n1. The van der Waals surface area contributed by atoms with Crippen molar-refractivity contribution >= 4 is 41.5 Å². The molecular formula is C22H30N8S. The number of thiol groups is 1. The van der Waals surface area contributed by atoms with Crippen LogP contribution in [0.5, 0.6) is 0 Å². The van der Waals surface area contributed by atoms with E-state index in [9.17, 15) is 0 Å². The number of anilines is 1. The Balaban J connectivity index is 1.76. The molecule has 1 aliphatic heterocycles. The topological polar surface area (TPSA) is 129 Å². The zero-order chi connectivity index (χ0) is 22.4. The van der Waals surface area contributed by atoms with Gasteiger partial charge in [-0.2, -0.15) is 0 Å². The number of nitrogens with one attached hydrogen (secondary N) is 3. The van der Waals surface area contributed by atoms with E-state index < -0.39 is 0 Å². The minimum absolute atomic E-state index is 0.266. The smallest absolute Gasteiger partial charge is 0.132 e. The molecule has 0 aliphatic carbocycles. The Bertz CT molecular complexity index is 1020. The van der Waals surface area contributed by atoms with Crippen LogP contribution in [0.1, 0.15) is 19.4 Å². The van der Waals surface area contributed by atoms with Gasteiger partial charge in [0.1, 0.15) is 11.6 Å².